The fourth-order valence-corrected chi connectivity index (χ4v) is 3.79. The lowest BCUT2D eigenvalue weighted by Gasteiger charge is -2.17. The largest absolute Gasteiger partial charge is 0.484 e. The molecule has 0 heterocycles. The number of hydrogen-bond acceptors (Lipinski definition) is 5. The normalized spacial score (nSPS) is 11.6. The van der Waals surface area contributed by atoms with Crippen LogP contribution in [0.5, 0.6) is 5.75 Å². The summed E-state index contributed by atoms with van der Waals surface area (Å²) in [6.07, 6.45) is 0.904. The second-order valence-corrected chi connectivity index (χ2v) is 9.17. The number of sulfonamides is 1. The van der Waals surface area contributed by atoms with Crippen LogP contribution < -0.4 is 10.1 Å². The number of nitrogens with zero attached hydrogens (tertiary/aromatic N) is 1. The van der Waals surface area contributed by atoms with Crippen molar-refractivity contribution in [3.05, 3.63) is 60.2 Å². The third kappa shape index (κ3) is 7.78. The van der Waals surface area contributed by atoms with E-state index in [9.17, 15) is 13.2 Å². The van der Waals surface area contributed by atoms with E-state index >= 15 is 0 Å². The van der Waals surface area contributed by atoms with E-state index in [4.69, 9.17) is 9.47 Å². The van der Waals surface area contributed by atoms with Crippen LogP contribution in [-0.2, 0) is 26.1 Å². The lowest BCUT2D eigenvalue weighted by Crippen LogP contribution is -2.30. The SMILES string of the molecule is CC(C)OCCCNC(=O)COc1ccc(S(=O)(=O)N(C)Cc2ccccc2)cc1. The number of rotatable bonds is 12. The van der Waals surface area contributed by atoms with Crippen molar-refractivity contribution in [2.75, 3.05) is 26.8 Å². The van der Waals surface area contributed by atoms with Crippen LogP contribution in [0.15, 0.2) is 59.5 Å². The minimum atomic E-state index is -3.62. The van der Waals surface area contributed by atoms with E-state index < -0.39 is 10.0 Å². The molecule has 0 fully saturated rings. The molecule has 0 spiro atoms. The first-order valence-corrected chi connectivity index (χ1v) is 11.3. The van der Waals surface area contributed by atoms with Gasteiger partial charge in [-0.2, -0.15) is 4.31 Å². The zero-order chi connectivity index (χ0) is 22.0. The van der Waals surface area contributed by atoms with Crippen LogP contribution in [0.3, 0.4) is 0 Å². The summed E-state index contributed by atoms with van der Waals surface area (Å²) in [5, 5.41) is 2.75. The highest BCUT2D eigenvalue weighted by atomic mass is 32.2. The van der Waals surface area contributed by atoms with Crippen molar-refractivity contribution < 1.29 is 22.7 Å². The van der Waals surface area contributed by atoms with Crippen molar-refractivity contribution in [2.24, 2.45) is 0 Å². The van der Waals surface area contributed by atoms with Gasteiger partial charge in [-0.3, -0.25) is 4.79 Å². The molecule has 8 heteroatoms. The molecule has 1 N–H and O–H groups in total. The molecule has 2 rings (SSSR count). The quantitative estimate of drug-likeness (QED) is 0.519. The van der Waals surface area contributed by atoms with Gasteiger partial charge in [-0.05, 0) is 50.1 Å². The van der Waals surface area contributed by atoms with Crippen molar-refractivity contribution in [3.63, 3.8) is 0 Å². The van der Waals surface area contributed by atoms with Crippen LogP contribution in [0.4, 0.5) is 0 Å². The molecule has 30 heavy (non-hydrogen) atoms. The zero-order valence-corrected chi connectivity index (χ0v) is 18.5. The Morgan fingerprint density at radius 2 is 1.73 bits per heavy atom. The Morgan fingerprint density at radius 1 is 1.07 bits per heavy atom. The Kier molecular flexibility index (Phi) is 9.29. The summed E-state index contributed by atoms with van der Waals surface area (Å²) >= 11 is 0. The fraction of sp³-hybridized carbons (Fsp3) is 0.409. The van der Waals surface area contributed by atoms with Gasteiger partial charge in [0.05, 0.1) is 11.0 Å². The molecular formula is C22H30N2O5S. The Bertz CT molecular complexity index is 884. The predicted octanol–water partition coefficient (Wildman–Crippen LogP) is 2.82. The van der Waals surface area contributed by atoms with Gasteiger partial charge < -0.3 is 14.8 Å². The zero-order valence-electron chi connectivity index (χ0n) is 17.7. The molecule has 0 radical (unpaired) electrons. The van der Waals surface area contributed by atoms with E-state index in [1.807, 2.05) is 44.2 Å². The Labute approximate surface area is 179 Å². The van der Waals surface area contributed by atoms with Crippen LogP contribution in [0.1, 0.15) is 25.8 Å². The maximum atomic E-state index is 12.7. The minimum absolute atomic E-state index is 0.134. The summed E-state index contributed by atoms with van der Waals surface area (Å²) in [5.41, 5.74) is 0.908. The van der Waals surface area contributed by atoms with Crippen LogP contribution in [0.2, 0.25) is 0 Å². The average molecular weight is 435 g/mol. The van der Waals surface area contributed by atoms with Gasteiger partial charge in [0.25, 0.3) is 5.91 Å². The second kappa shape index (κ2) is 11.7. The van der Waals surface area contributed by atoms with Gasteiger partial charge in [-0.1, -0.05) is 30.3 Å². The van der Waals surface area contributed by atoms with E-state index in [0.717, 1.165) is 12.0 Å². The molecule has 0 atom stereocenters. The maximum Gasteiger partial charge on any atom is 0.257 e. The number of hydrogen-bond donors (Lipinski definition) is 1. The highest BCUT2D eigenvalue weighted by Gasteiger charge is 2.20. The molecule has 2 aromatic rings. The van der Waals surface area contributed by atoms with Gasteiger partial charge in [0, 0.05) is 26.7 Å². The highest BCUT2D eigenvalue weighted by molar-refractivity contribution is 7.89. The number of ether oxygens (including phenoxy) is 2. The molecule has 1 amide bonds. The van der Waals surface area contributed by atoms with Gasteiger partial charge in [0.15, 0.2) is 6.61 Å². The lowest BCUT2D eigenvalue weighted by atomic mass is 10.2. The molecule has 0 aliphatic carbocycles. The summed E-state index contributed by atoms with van der Waals surface area (Å²) < 4.78 is 37.6. The standard InChI is InChI=1S/C22H30N2O5S/c1-18(2)28-15-7-14-23-22(25)17-29-20-10-12-21(13-11-20)30(26,27)24(3)16-19-8-5-4-6-9-19/h4-6,8-13,18H,7,14-17H2,1-3H3,(H,23,25). The van der Waals surface area contributed by atoms with E-state index in [-0.39, 0.29) is 30.1 Å². The van der Waals surface area contributed by atoms with Gasteiger partial charge in [-0.25, -0.2) is 8.42 Å². The molecule has 0 unspecified atom stereocenters. The lowest BCUT2D eigenvalue weighted by molar-refractivity contribution is -0.123. The van der Waals surface area contributed by atoms with E-state index in [1.165, 1.54) is 16.4 Å². The average Bonchev–Trinajstić information content (AvgIpc) is 2.72. The smallest absolute Gasteiger partial charge is 0.257 e. The Balaban J connectivity index is 1.81. The second-order valence-electron chi connectivity index (χ2n) is 7.13. The summed E-state index contributed by atoms with van der Waals surface area (Å²) in [5.74, 6) is 0.191. The molecule has 0 saturated heterocycles. The number of amides is 1. The summed E-state index contributed by atoms with van der Waals surface area (Å²) in [6, 6.07) is 15.4. The van der Waals surface area contributed by atoms with Crippen LogP contribution >= 0.6 is 0 Å². The first kappa shape index (κ1) is 23.9. The van der Waals surface area contributed by atoms with Crippen LogP contribution in [0, 0.1) is 0 Å². The molecule has 164 valence electrons. The number of carbonyl (C=O) groups excluding carboxylic acids is 1. The molecule has 0 bridgehead atoms. The van der Waals surface area contributed by atoms with Crippen LogP contribution in [-0.4, -0.2) is 51.5 Å². The first-order valence-electron chi connectivity index (χ1n) is 9.90. The van der Waals surface area contributed by atoms with Crippen molar-refractivity contribution in [1.29, 1.82) is 0 Å². The summed E-state index contributed by atoms with van der Waals surface area (Å²) in [7, 11) is -2.08. The molecule has 0 aliphatic rings. The molecule has 0 saturated carbocycles. The van der Waals surface area contributed by atoms with Crippen LogP contribution in [0.25, 0.3) is 0 Å². The van der Waals surface area contributed by atoms with Crippen molar-refractivity contribution in [2.45, 2.75) is 37.8 Å². The van der Waals surface area contributed by atoms with E-state index in [0.29, 0.717) is 18.9 Å². The van der Waals surface area contributed by atoms with Gasteiger partial charge in [0.1, 0.15) is 5.75 Å². The third-order valence-corrected chi connectivity index (χ3v) is 6.06. The Hall–Kier alpha value is -2.42. The third-order valence-electron chi connectivity index (χ3n) is 4.24. The first-order chi connectivity index (χ1) is 14.3. The highest BCUT2D eigenvalue weighted by Crippen LogP contribution is 2.20. The molecule has 7 nitrogen and oxygen atoms in total. The number of carbonyl (C=O) groups is 1. The maximum absolute atomic E-state index is 12.7. The van der Waals surface area contributed by atoms with E-state index in [1.54, 1.807) is 19.2 Å². The van der Waals surface area contributed by atoms with E-state index in [2.05, 4.69) is 5.32 Å². The number of nitrogens with one attached hydrogen (secondary N) is 1. The summed E-state index contributed by atoms with van der Waals surface area (Å²) in [6.45, 7) is 5.18. The molecule has 0 aromatic heterocycles. The van der Waals surface area contributed by atoms with Gasteiger partial charge >= 0.3 is 0 Å². The van der Waals surface area contributed by atoms with Gasteiger partial charge in [0.2, 0.25) is 10.0 Å². The predicted molar refractivity (Wildman–Crippen MR) is 116 cm³/mol. The fourth-order valence-electron chi connectivity index (χ4n) is 2.63. The number of benzene rings is 2. The Morgan fingerprint density at radius 3 is 2.37 bits per heavy atom. The van der Waals surface area contributed by atoms with Crippen molar-refractivity contribution >= 4 is 15.9 Å². The van der Waals surface area contributed by atoms with Crippen molar-refractivity contribution in [1.82, 2.24) is 9.62 Å². The molecule has 2 aromatic carbocycles. The topological polar surface area (TPSA) is 84.9 Å². The summed E-state index contributed by atoms with van der Waals surface area (Å²) in [4.78, 5) is 12.0. The van der Waals surface area contributed by atoms with Gasteiger partial charge in [-0.15, -0.1) is 0 Å². The molecule has 0 aliphatic heterocycles. The molecular weight excluding hydrogens is 404 g/mol. The monoisotopic (exact) mass is 434 g/mol. The van der Waals surface area contributed by atoms with Crippen molar-refractivity contribution in [3.8, 4) is 5.75 Å². The minimum Gasteiger partial charge on any atom is -0.484 e.